The van der Waals surface area contributed by atoms with Gasteiger partial charge in [0.15, 0.2) is 0 Å². The van der Waals surface area contributed by atoms with Crippen LogP contribution in [-0.2, 0) is 19.3 Å². The Kier molecular flexibility index (Phi) is 4.46. The highest BCUT2D eigenvalue weighted by atomic mass is 32.2. The fourth-order valence-electron chi connectivity index (χ4n) is 2.41. The van der Waals surface area contributed by atoms with Crippen LogP contribution in [0.25, 0.3) is 0 Å². The second kappa shape index (κ2) is 6.22. The molecule has 0 spiro atoms. The standard InChI is InChI=1S/C16H21BN4O4S/c1-15(2)16(3,4)25-17(24-15)11-9-12(14(18)20-10-11)26(22,23)21-13-7-5-6-8-19-13/h5-10H,1-4H3,(H2,18,20)(H,19,21). The van der Waals surface area contributed by atoms with Crippen molar-refractivity contribution < 1.29 is 17.7 Å². The van der Waals surface area contributed by atoms with Crippen molar-refractivity contribution in [3.05, 3.63) is 36.7 Å². The van der Waals surface area contributed by atoms with Crippen molar-refractivity contribution in [1.29, 1.82) is 0 Å². The number of sulfonamides is 1. The van der Waals surface area contributed by atoms with E-state index in [2.05, 4.69) is 14.7 Å². The molecule has 10 heteroatoms. The Morgan fingerprint density at radius 1 is 1.12 bits per heavy atom. The molecule has 138 valence electrons. The van der Waals surface area contributed by atoms with Gasteiger partial charge in [-0.3, -0.25) is 4.72 Å². The van der Waals surface area contributed by atoms with E-state index in [1.54, 1.807) is 18.2 Å². The molecule has 2 aromatic heterocycles. The molecule has 3 N–H and O–H groups in total. The minimum absolute atomic E-state index is 0.117. The molecule has 3 rings (SSSR count). The van der Waals surface area contributed by atoms with Crippen molar-refractivity contribution in [2.75, 3.05) is 10.5 Å². The Labute approximate surface area is 153 Å². The number of nitrogen functional groups attached to an aromatic ring is 1. The lowest BCUT2D eigenvalue weighted by atomic mass is 9.80. The summed E-state index contributed by atoms with van der Waals surface area (Å²) in [6.07, 6.45) is 2.94. The molecule has 0 unspecified atom stereocenters. The third-order valence-electron chi connectivity index (χ3n) is 4.62. The molecular formula is C16H21BN4O4S. The van der Waals surface area contributed by atoms with Crippen LogP contribution in [0.4, 0.5) is 11.6 Å². The van der Waals surface area contributed by atoms with E-state index in [0.29, 0.717) is 5.46 Å². The molecule has 1 saturated heterocycles. The maximum absolute atomic E-state index is 12.7. The average Bonchev–Trinajstić information content (AvgIpc) is 2.76. The van der Waals surface area contributed by atoms with Gasteiger partial charge in [0.1, 0.15) is 16.5 Å². The van der Waals surface area contributed by atoms with Gasteiger partial charge < -0.3 is 15.0 Å². The molecular weight excluding hydrogens is 355 g/mol. The van der Waals surface area contributed by atoms with Crippen molar-refractivity contribution in [3.8, 4) is 0 Å². The van der Waals surface area contributed by atoms with Gasteiger partial charge in [0.05, 0.1) is 11.2 Å². The van der Waals surface area contributed by atoms with E-state index < -0.39 is 28.3 Å². The first-order valence-corrected chi connectivity index (χ1v) is 9.55. The lowest BCUT2D eigenvalue weighted by Crippen LogP contribution is -2.41. The van der Waals surface area contributed by atoms with Gasteiger partial charge in [-0.15, -0.1) is 0 Å². The minimum Gasteiger partial charge on any atom is -0.399 e. The van der Waals surface area contributed by atoms with Crippen molar-refractivity contribution in [1.82, 2.24) is 9.97 Å². The van der Waals surface area contributed by atoms with Crippen molar-refractivity contribution in [2.24, 2.45) is 0 Å². The van der Waals surface area contributed by atoms with Gasteiger partial charge in [-0.2, -0.15) is 0 Å². The smallest absolute Gasteiger partial charge is 0.399 e. The van der Waals surface area contributed by atoms with Crippen molar-refractivity contribution >= 4 is 34.2 Å². The minimum atomic E-state index is -3.96. The van der Waals surface area contributed by atoms with E-state index in [9.17, 15) is 8.42 Å². The van der Waals surface area contributed by atoms with Crippen LogP contribution < -0.4 is 15.9 Å². The van der Waals surface area contributed by atoms with E-state index in [1.807, 2.05) is 27.7 Å². The van der Waals surface area contributed by atoms with Crippen LogP contribution in [0.2, 0.25) is 0 Å². The summed E-state index contributed by atoms with van der Waals surface area (Å²) in [6.45, 7) is 7.66. The largest absolute Gasteiger partial charge is 0.496 e. The van der Waals surface area contributed by atoms with Gasteiger partial charge in [-0.05, 0) is 45.9 Å². The number of rotatable bonds is 4. The molecule has 8 nitrogen and oxygen atoms in total. The molecule has 0 radical (unpaired) electrons. The highest BCUT2D eigenvalue weighted by Gasteiger charge is 2.52. The fraction of sp³-hybridized carbons (Fsp3) is 0.375. The molecule has 0 bridgehead atoms. The molecule has 1 aliphatic rings. The molecule has 0 saturated carbocycles. The number of hydrogen-bond acceptors (Lipinski definition) is 7. The van der Waals surface area contributed by atoms with Gasteiger partial charge in [0.25, 0.3) is 10.0 Å². The highest BCUT2D eigenvalue weighted by Crippen LogP contribution is 2.36. The van der Waals surface area contributed by atoms with Crippen molar-refractivity contribution in [2.45, 2.75) is 43.8 Å². The Bertz CT molecular complexity index is 903. The summed E-state index contributed by atoms with van der Waals surface area (Å²) in [6, 6.07) is 6.31. The van der Waals surface area contributed by atoms with Gasteiger partial charge >= 0.3 is 7.12 Å². The molecule has 3 heterocycles. The molecule has 2 aromatic rings. The summed E-state index contributed by atoms with van der Waals surface area (Å²) in [5.41, 5.74) is 5.17. The van der Waals surface area contributed by atoms with Gasteiger partial charge in [0, 0.05) is 17.9 Å². The molecule has 1 fully saturated rings. The van der Waals surface area contributed by atoms with Crippen LogP contribution in [0.3, 0.4) is 0 Å². The first-order chi connectivity index (χ1) is 12.0. The number of nitrogens with zero attached hydrogens (tertiary/aromatic N) is 2. The molecule has 0 aromatic carbocycles. The summed E-state index contributed by atoms with van der Waals surface area (Å²) >= 11 is 0. The number of hydrogen-bond donors (Lipinski definition) is 2. The highest BCUT2D eigenvalue weighted by molar-refractivity contribution is 7.92. The van der Waals surface area contributed by atoms with Crippen LogP contribution in [-0.4, -0.2) is 36.7 Å². The van der Waals surface area contributed by atoms with Crippen LogP contribution in [0.1, 0.15) is 27.7 Å². The average molecular weight is 376 g/mol. The lowest BCUT2D eigenvalue weighted by Gasteiger charge is -2.32. The summed E-state index contributed by atoms with van der Waals surface area (Å²) in [5, 5.41) is 0. The van der Waals surface area contributed by atoms with Crippen LogP contribution in [0.15, 0.2) is 41.6 Å². The normalized spacial score (nSPS) is 18.7. The summed E-state index contributed by atoms with van der Waals surface area (Å²) in [7, 11) is -4.70. The SMILES string of the molecule is CC1(C)OB(c2cnc(N)c(S(=O)(=O)Nc3ccccn3)c2)OC1(C)C. The number of nitrogens with two attached hydrogens (primary N) is 1. The quantitative estimate of drug-likeness (QED) is 0.769. The monoisotopic (exact) mass is 376 g/mol. The summed E-state index contributed by atoms with van der Waals surface area (Å²) < 4.78 is 39.7. The zero-order valence-electron chi connectivity index (χ0n) is 15.1. The van der Waals surface area contributed by atoms with E-state index in [1.165, 1.54) is 18.5 Å². The summed E-state index contributed by atoms with van der Waals surface area (Å²) in [4.78, 5) is 7.80. The fourth-order valence-corrected chi connectivity index (χ4v) is 3.53. The first kappa shape index (κ1) is 18.6. The molecule has 0 amide bonds. The maximum atomic E-state index is 12.7. The van der Waals surface area contributed by atoms with Gasteiger partial charge in [-0.25, -0.2) is 18.4 Å². The topological polar surface area (TPSA) is 116 Å². The van der Waals surface area contributed by atoms with Crippen LogP contribution in [0.5, 0.6) is 0 Å². The number of nitrogens with one attached hydrogen (secondary N) is 1. The molecule has 0 atom stereocenters. The predicted molar refractivity (Wildman–Crippen MR) is 99.4 cm³/mol. The Hall–Kier alpha value is -2.17. The zero-order valence-corrected chi connectivity index (χ0v) is 15.9. The van der Waals surface area contributed by atoms with Gasteiger partial charge in [0.2, 0.25) is 0 Å². The number of pyridine rings is 2. The van der Waals surface area contributed by atoms with Crippen LogP contribution in [0, 0.1) is 0 Å². The third-order valence-corrected chi connectivity index (χ3v) is 6.01. The third kappa shape index (κ3) is 3.40. The van der Waals surface area contributed by atoms with E-state index >= 15 is 0 Å². The molecule has 1 aliphatic heterocycles. The Morgan fingerprint density at radius 3 is 2.35 bits per heavy atom. The van der Waals surface area contributed by atoms with E-state index in [-0.39, 0.29) is 16.5 Å². The maximum Gasteiger partial charge on any atom is 0.496 e. The lowest BCUT2D eigenvalue weighted by molar-refractivity contribution is 0.00578. The predicted octanol–water partition coefficient (Wildman–Crippen LogP) is 1.16. The van der Waals surface area contributed by atoms with E-state index in [0.717, 1.165) is 0 Å². The second-order valence-corrected chi connectivity index (χ2v) is 8.71. The summed E-state index contributed by atoms with van der Waals surface area (Å²) in [5.74, 6) is 0.0710. The van der Waals surface area contributed by atoms with Gasteiger partial charge in [-0.1, -0.05) is 6.07 Å². The zero-order chi connectivity index (χ0) is 19.2. The first-order valence-electron chi connectivity index (χ1n) is 8.07. The number of anilines is 2. The van der Waals surface area contributed by atoms with Crippen LogP contribution >= 0.6 is 0 Å². The molecule has 26 heavy (non-hydrogen) atoms. The van der Waals surface area contributed by atoms with Crippen molar-refractivity contribution in [3.63, 3.8) is 0 Å². The van der Waals surface area contributed by atoms with E-state index in [4.69, 9.17) is 15.0 Å². The second-order valence-electron chi connectivity index (χ2n) is 7.06. The Balaban J connectivity index is 1.94. The molecule has 0 aliphatic carbocycles. The number of aromatic nitrogens is 2. The Morgan fingerprint density at radius 2 is 1.77 bits per heavy atom.